The fourth-order valence-electron chi connectivity index (χ4n) is 2.81. The van der Waals surface area contributed by atoms with Crippen LogP contribution < -0.4 is 5.32 Å². The third kappa shape index (κ3) is 3.00. The second kappa shape index (κ2) is 5.80. The Bertz CT molecular complexity index is 845. The van der Waals surface area contributed by atoms with Gasteiger partial charge in [-0.05, 0) is 19.8 Å². The molecule has 0 amide bonds. The molecule has 1 saturated heterocycles. The van der Waals surface area contributed by atoms with E-state index < -0.39 is 15.8 Å². The van der Waals surface area contributed by atoms with Gasteiger partial charge in [0.2, 0.25) is 0 Å². The maximum Gasteiger partial charge on any atom is 0.339 e. The normalized spacial score (nSPS) is 18.1. The Morgan fingerprint density at radius 1 is 1.39 bits per heavy atom. The Balaban J connectivity index is 1.99. The molecule has 0 bridgehead atoms. The number of nitrogens with zero attached hydrogens (tertiary/aromatic N) is 3. The molecule has 2 aromatic heterocycles. The van der Waals surface area contributed by atoms with E-state index in [1.165, 1.54) is 6.20 Å². The van der Waals surface area contributed by atoms with E-state index in [2.05, 4.69) is 15.4 Å². The van der Waals surface area contributed by atoms with Gasteiger partial charge in [0.25, 0.3) is 0 Å². The average Bonchev–Trinajstić information content (AvgIpc) is 2.92. The minimum atomic E-state index is -2.96. The minimum absolute atomic E-state index is 0.0709. The van der Waals surface area contributed by atoms with Gasteiger partial charge >= 0.3 is 5.97 Å². The predicted molar refractivity (Wildman–Crippen MR) is 85.5 cm³/mol. The molecule has 0 saturated carbocycles. The van der Waals surface area contributed by atoms with Crippen molar-refractivity contribution in [3.8, 4) is 0 Å². The summed E-state index contributed by atoms with van der Waals surface area (Å²) in [5.74, 6) is -0.833. The molecule has 124 valence electrons. The zero-order chi connectivity index (χ0) is 16.6. The lowest BCUT2D eigenvalue weighted by molar-refractivity contribution is 0.0697. The Labute approximate surface area is 133 Å². The summed E-state index contributed by atoms with van der Waals surface area (Å²) in [5.41, 5.74) is 1.15. The number of anilines is 1. The SMILES string of the molecule is CCn1ncc2c(NC3CCS(=O)(=O)CC3)c(C(=O)O)cnc21. The maximum atomic E-state index is 11.5. The fourth-order valence-corrected chi connectivity index (χ4v) is 4.31. The monoisotopic (exact) mass is 338 g/mol. The highest BCUT2D eigenvalue weighted by Crippen LogP contribution is 2.28. The van der Waals surface area contributed by atoms with Crippen molar-refractivity contribution in [3.63, 3.8) is 0 Å². The largest absolute Gasteiger partial charge is 0.478 e. The van der Waals surface area contributed by atoms with E-state index in [1.807, 2.05) is 6.92 Å². The van der Waals surface area contributed by atoms with Gasteiger partial charge in [-0.15, -0.1) is 0 Å². The van der Waals surface area contributed by atoms with Gasteiger partial charge in [0.15, 0.2) is 5.65 Å². The van der Waals surface area contributed by atoms with E-state index in [9.17, 15) is 18.3 Å². The molecule has 2 aromatic rings. The lowest BCUT2D eigenvalue weighted by Crippen LogP contribution is -2.32. The van der Waals surface area contributed by atoms with E-state index in [-0.39, 0.29) is 23.1 Å². The number of aromatic carboxylic acids is 1. The number of rotatable bonds is 4. The van der Waals surface area contributed by atoms with Crippen LogP contribution in [0.15, 0.2) is 12.4 Å². The first-order valence-corrected chi connectivity index (χ1v) is 9.28. The Morgan fingerprint density at radius 3 is 2.70 bits per heavy atom. The number of aryl methyl sites for hydroxylation is 1. The molecule has 0 spiro atoms. The number of pyridine rings is 1. The number of carbonyl (C=O) groups is 1. The van der Waals surface area contributed by atoms with Crippen LogP contribution in [-0.4, -0.2) is 51.8 Å². The van der Waals surface area contributed by atoms with Gasteiger partial charge in [-0.3, -0.25) is 0 Å². The first-order valence-electron chi connectivity index (χ1n) is 7.46. The topological polar surface area (TPSA) is 114 Å². The summed E-state index contributed by atoms with van der Waals surface area (Å²) in [6.45, 7) is 2.56. The van der Waals surface area contributed by atoms with Crippen molar-refractivity contribution in [1.29, 1.82) is 0 Å². The number of fused-ring (bicyclic) bond motifs is 1. The van der Waals surface area contributed by atoms with Crippen LogP contribution in [0.5, 0.6) is 0 Å². The van der Waals surface area contributed by atoms with Crippen LogP contribution in [0.3, 0.4) is 0 Å². The zero-order valence-electron chi connectivity index (χ0n) is 12.7. The van der Waals surface area contributed by atoms with Crippen LogP contribution in [0.1, 0.15) is 30.1 Å². The predicted octanol–water partition coefficient (Wildman–Crippen LogP) is 1.14. The molecule has 0 unspecified atom stereocenters. The van der Waals surface area contributed by atoms with Gasteiger partial charge in [-0.2, -0.15) is 5.10 Å². The van der Waals surface area contributed by atoms with Gasteiger partial charge in [0, 0.05) is 18.8 Å². The number of aromatic nitrogens is 3. The Kier molecular flexibility index (Phi) is 3.97. The lowest BCUT2D eigenvalue weighted by Gasteiger charge is -2.25. The van der Waals surface area contributed by atoms with Crippen LogP contribution in [-0.2, 0) is 16.4 Å². The first kappa shape index (κ1) is 15.7. The Hall–Kier alpha value is -2.16. The summed E-state index contributed by atoms with van der Waals surface area (Å²) < 4.78 is 24.8. The molecule has 0 aliphatic carbocycles. The van der Waals surface area contributed by atoms with Crippen molar-refractivity contribution in [2.75, 3.05) is 16.8 Å². The quantitative estimate of drug-likeness (QED) is 0.859. The van der Waals surface area contributed by atoms with Crippen LogP contribution in [0.2, 0.25) is 0 Å². The molecule has 9 heteroatoms. The third-order valence-electron chi connectivity index (χ3n) is 4.10. The summed E-state index contributed by atoms with van der Waals surface area (Å²) in [7, 11) is -2.96. The smallest absolute Gasteiger partial charge is 0.339 e. The van der Waals surface area contributed by atoms with Gasteiger partial charge < -0.3 is 10.4 Å². The van der Waals surface area contributed by atoms with Gasteiger partial charge in [0.1, 0.15) is 15.4 Å². The maximum absolute atomic E-state index is 11.5. The molecule has 3 rings (SSSR count). The van der Waals surface area contributed by atoms with Gasteiger partial charge in [-0.1, -0.05) is 0 Å². The minimum Gasteiger partial charge on any atom is -0.478 e. The highest BCUT2D eigenvalue weighted by Gasteiger charge is 2.26. The van der Waals surface area contributed by atoms with Crippen LogP contribution >= 0.6 is 0 Å². The van der Waals surface area contributed by atoms with Gasteiger partial charge in [0.05, 0.1) is 28.8 Å². The molecule has 1 aliphatic heterocycles. The third-order valence-corrected chi connectivity index (χ3v) is 5.81. The average molecular weight is 338 g/mol. The van der Waals surface area contributed by atoms with E-state index in [0.29, 0.717) is 36.1 Å². The van der Waals surface area contributed by atoms with E-state index in [4.69, 9.17) is 0 Å². The molecule has 0 atom stereocenters. The van der Waals surface area contributed by atoms with Gasteiger partial charge in [-0.25, -0.2) is 22.9 Å². The number of hydrogen-bond donors (Lipinski definition) is 2. The first-order chi connectivity index (χ1) is 10.9. The molecular formula is C14H18N4O4S. The summed E-state index contributed by atoms with van der Waals surface area (Å²) in [6, 6.07) is -0.0767. The second-order valence-corrected chi connectivity index (χ2v) is 7.92. The van der Waals surface area contributed by atoms with Crippen molar-refractivity contribution in [1.82, 2.24) is 14.8 Å². The summed E-state index contributed by atoms with van der Waals surface area (Å²) in [4.78, 5) is 15.7. The molecule has 0 aromatic carbocycles. The van der Waals surface area contributed by atoms with Crippen LogP contribution in [0.25, 0.3) is 11.0 Å². The molecule has 1 fully saturated rings. The molecule has 3 heterocycles. The van der Waals surface area contributed by atoms with E-state index in [0.717, 1.165) is 0 Å². The standard InChI is InChI=1S/C14H18N4O4S/c1-2-18-13-10(8-16-18)12(11(7-15-13)14(19)20)17-9-3-5-23(21,22)6-4-9/h7-9H,2-6H2,1H3,(H,15,17)(H,19,20). The molecule has 1 aliphatic rings. The fraction of sp³-hybridized carbons (Fsp3) is 0.500. The number of carboxylic acids is 1. The van der Waals surface area contributed by atoms with Crippen molar-refractivity contribution < 1.29 is 18.3 Å². The number of hydrogen-bond acceptors (Lipinski definition) is 6. The van der Waals surface area contributed by atoms with Crippen LogP contribution in [0.4, 0.5) is 5.69 Å². The van der Waals surface area contributed by atoms with Crippen molar-refractivity contribution in [2.24, 2.45) is 0 Å². The highest BCUT2D eigenvalue weighted by atomic mass is 32.2. The zero-order valence-corrected chi connectivity index (χ0v) is 13.5. The van der Waals surface area contributed by atoms with E-state index >= 15 is 0 Å². The molecule has 0 radical (unpaired) electrons. The second-order valence-electron chi connectivity index (χ2n) is 5.62. The summed E-state index contributed by atoms with van der Waals surface area (Å²) in [6.07, 6.45) is 3.85. The number of sulfone groups is 1. The van der Waals surface area contributed by atoms with E-state index in [1.54, 1.807) is 10.9 Å². The number of nitrogens with one attached hydrogen (secondary N) is 1. The lowest BCUT2D eigenvalue weighted by atomic mass is 10.1. The van der Waals surface area contributed by atoms with Crippen molar-refractivity contribution >= 4 is 32.5 Å². The van der Waals surface area contributed by atoms with Crippen molar-refractivity contribution in [3.05, 3.63) is 18.0 Å². The summed E-state index contributed by atoms with van der Waals surface area (Å²) >= 11 is 0. The highest BCUT2D eigenvalue weighted by molar-refractivity contribution is 7.91. The molecule has 2 N–H and O–H groups in total. The van der Waals surface area contributed by atoms with Crippen LogP contribution in [0, 0.1) is 0 Å². The Morgan fingerprint density at radius 2 is 2.09 bits per heavy atom. The molecule has 23 heavy (non-hydrogen) atoms. The summed E-state index contributed by atoms with van der Waals surface area (Å²) in [5, 5.41) is 17.5. The molecule has 8 nitrogen and oxygen atoms in total. The number of carboxylic acid groups (broad SMARTS) is 1. The molecular weight excluding hydrogens is 320 g/mol. The van der Waals surface area contributed by atoms with Crippen molar-refractivity contribution in [2.45, 2.75) is 32.4 Å².